The first-order valence-corrected chi connectivity index (χ1v) is 9.74. The molecule has 8 heteroatoms. The van der Waals surface area contributed by atoms with Crippen LogP contribution in [0.4, 0.5) is 4.39 Å². The fourth-order valence-corrected chi connectivity index (χ4v) is 4.45. The number of rotatable bonds is 5. The summed E-state index contributed by atoms with van der Waals surface area (Å²) in [5.41, 5.74) is 6.29. The van der Waals surface area contributed by atoms with Crippen molar-refractivity contribution in [3.8, 4) is 0 Å². The van der Waals surface area contributed by atoms with Crippen LogP contribution in [0.15, 0.2) is 35.5 Å². The van der Waals surface area contributed by atoms with Gasteiger partial charge in [-0.25, -0.2) is 14.4 Å². The van der Waals surface area contributed by atoms with E-state index in [2.05, 4.69) is 9.98 Å². The number of fused-ring (bicyclic) bond motifs is 1. The molecule has 0 radical (unpaired) electrons. The maximum atomic E-state index is 14.8. The molecule has 0 amide bonds. The van der Waals surface area contributed by atoms with E-state index >= 15 is 0 Å². The number of aliphatic imine (C=N–C) groups is 1. The first kappa shape index (κ1) is 19.2. The van der Waals surface area contributed by atoms with Crippen LogP contribution in [0.2, 0.25) is 10.0 Å². The molecular formula is C20H18Cl2FN3O2. The Labute approximate surface area is 171 Å². The largest absolute Gasteiger partial charge is 0.462 e. The van der Waals surface area contributed by atoms with Crippen molar-refractivity contribution in [1.82, 2.24) is 4.98 Å². The number of ether oxygens (including phenoxy) is 1. The van der Waals surface area contributed by atoms with E-state index in [1.807, 2.05) is 6.92 Å². The van der Waals surface area contributed by atoms with Gasteiger partial charge in [-0.1, -0.05) is 36.2 Å². The van der Waals surface area contributed by atoms with Gasteiger partial charge in [-0.05, 0) is 36.6 Å². The van der Waals surface area contributed by atoms with Gasteiger partial charge in [0.05, 0.1) is 10.0 Å². The van der Waals surface area contributed by atoms with Crippen LogP contribution in [0, 0.1) is 11.7 Å². The molecule has 0 spiro atoms. The summed E-state index contributed by atoms with van der Waals surface area (Å²) in [5.74, 6) is -0.563. The Morgan fingerprint density at radius 3 is 2.89 bits per heavy atom. The Morgan fingerprint density at radius 1 is 1.39 bits per heavy atom. The normalized spacial score (nSPS) is 25.5. The second-order valence-electron chi connectivity index (χ2n) is 7.12. The lowest BCUT2D eigenvalue weighted by molar-refractivity contribution is 0.0988. The molecule has 1 fully saturated rings. The van der Waals surface area contributed by atoms with Crippen molar-refractivity contribution in [3.05, 3.63) is 63.1 Å². The number of carbonyl (C=O) groups is 1. The first-order valence-electron chi connectivity index (χ1n) is 8.99. The highest BCUT2D eigenvalue weighted by Gasteiger charge is 2.58. The molecule has 2 aliphatic rings. The van der Waals surface area contributed by atoms with Gasteiger partial charge in [0.1, 0.15) is 23.2 Å². The molecule has 1 aliphatic carbocycles. The molecule has 0 unspecified atom stereocenters. The summed E-state index contributed by atoms with van der Waals surface area (Å²) in [4.78, 5) is 21.1. The minimum Gasteiger partial charge on any atom is -0.462 e. The zero-order chi connectivity index (χ0) is 20.1. The molecule has 3 atom stereocenters. The summed E-state index contributed by atoms with van der Waals surface area (Å²) in [5, 5.41) is 0.539. The molecule has 1 saturated carbocycles. The summed E-state index contributed by atoms with van der Waals surface area (Å²) < 4.78 is 20.3. The van der Waals surface area contributed by atoms with Gasteiger partial charge >= 0.3 is 0 Å². The molecule has 28 heavy (non-hydrogen) atoms. The third-order valence-corrected chi connectivity index (χ3v) is 5.89. The second kappa shape index (κ2) is 7.01. The van der Waals surface area contributed by atoms with Crippen molar-refractivity contribution >= 4 is 35.0 Å². The molecule has 2 heterocycles. The number of halogens is 3. The lowest BCUT2D eigenvalue weighted by Gasteiger charge is -2.33. The molecule has 2 N–H and O–H groups in total. The lowest BCUT2D eigenvalue weighted by Crippen LogP contribution is -2.37. The highest BCUT2D eigenvalue weighted by atomic mass is 35.5. The molecule has 0 bridgehead atoms. The number of hydrogen-bond acceptors (Lipinski definition) is 5. The Balaban J connectivity index is 1.68. The molecule has 0 saturated heterocycles. The van der Waals surface area contributed by atoms with Crippen LogP contribution in [0.25, 0.3) is 0 Å². The van der Waals surface area contributed by atoms with Crippen molar-refractivity contribution in [2.75, 3.05) is 0 Å². The number of pyridine rings is 1. The Bertz CT molecular complexity index is 997. The Hall–Kier alpha value is -2.18. The summed E-state index contributed by atoms with van der Waals surface area (Å²) in [7, 11) is 0. The van der Waals surface area contributed by atoms with Gasteiger partial charge in [0, 0.05) is 24.1 Å². The number of nitrogens with zero attached hydrogens (tertiary/aromatic N) is 2. The molecule has 2 aromatic rings. The summed E-state index contributed by atoms with van der Waals surface area (Å²) in [6, 6.07) is 6.19. The van der Waals surface area contributed by atoms with Crippen LogP contribution in [0.3, 0.4) is 0 Å². The summed E-state index contributed by atoms with van der Waals surface area (Å²) in [6.07, 6.45) is 2.74. The monoisotopic (exact) mass is 421 g/mol. The van der Waals surface area contributed by atoms with E-state index in [-0.39, 0.29) is 46.8 Å². The molecule has 146 valence electrons. The van der Waals surface area contributed by atoms with Gasteiger partial charge < -0.3 is 10.5 Å². The Kier molecular flexibility index (Phi) is 4.79. The average molecular weight is 422 g/mol. The SMILES string of the molecule is CC[C@]1(c2cc(CC(=O)c3ncc(Cl)cc3Cl)ccc2F)N=C(N)O[C@@H]2C[C@@H]21. The number of aromatic nitrogens is 1. The molecule has 1 aromatic heterocycles. The van der Waals surface area contributed by atoms with Gasteiger partial charge in [0.2, 0.25) is 0 Å². The third-order valence-electron chi connectivity index (χ3n) is 5.40. The van der Waals surface area contributed by atoms with Crippen molar-refractivity contribution in [2.45, 2.75) is 37.8 Å². The molecular weight excluding hydrogens is 404 g/mol. The van der Waals surface area contributed by atoms with E-state index < -0.39 is 5.54 Å². The summed E-state index contributed by atoms with van der Waals surface area (Å²) in [6.45, 7) is 1.95. The van der Waals surface area contributed by atoms with Gasteiger partial charge in [-0.15, -0.1) is 0 Å². The Morgan fingerprint density at radius 2 is 2.18 bits per heavy atom. The summed E-state index contributed by atoms with van der Waals surface area (Å²) >= 11 is 11.9. The van der Waals surface area contributed by atoms with Crippen LogP contribution >= 0.6 is 23.2 Å². The fraction of sp³-hybridized carbons (Fsp3) is 0.350. The van der Waals surface area contributed by atoms with E-state index in [0.29, 0.717) is 22.6 Å². The van der Waals surface area contributed by atoms with Crippen LogP contribution in [-0.2, 0) is 16.7 Å². The number of ketones is 1. The highest BCUT2D eigenvalue weighted by molar-refractivity contribution is 6.36. The number of nitrogens with two attached hydrogens (primary N) is 1. The predicted molar refractivity (Wildman–Crippen MR) is 105 cm³/mol. The van der Waals surface area contributed by atoms with Crippen molar-refractivity contribution in [2.24, 2.45) is 16.6 Å². The van der Waals surface area contributed by atoms with Crippen molar-refractivity contribution < 1.29 is 13.9 Å². The predicted octanol–water partition coefficient (Wildman–Crippen LogP) is 4.29. The number of amidine groups is 1. The van der Waals surface area contributed by atoms with E-state index in [0.717, 1.165) is 6.42 Å². The third kappa shape index (κ3) is 3.25. The molecule has 1 aromatic carbocycles. The van der Waals surface area contributed by atoms with Crippen LogP contribution in [0.1, 0.15) is 41.4 Å². The number of benzene rings is 1. The van der Waals surface area contributed by atoms with Crippen LogP contribution in [-0.4, -0.2) is 22.9 Å². The van der Waals surface area contributed by atoms with E-state index in [1.165, 1.54) is 18.3 Å². The number of hydrogen-bond donors (Lipinski definition) is 1. The maximum absolute atomic E-state index is 14.8. The minimum atomic E-state index is -0.772. The van der Waals surface area contributed by atoms with Gasteiger partial charge in [-0.3, -0.25) is 4.79 Å². The maximum Gasteiger partial charge on any atom is 0.283 e. The number of Topliss-reactive ketones (excluding diaryl/α,β-unsaturated/α-hetero) is 1. The standard InChI is InChI=1S/C20H18Cl2FN3O2/c1-2-20(13-8-17(13)28-19(24)26-20)12-5-10(3-4-15(12)23)6-16(27)18-14(22)7-11(21)9-25-18/h3-5,7,9,13,17H,2,6,8H2,1H3,(H2,24,26)/t13-,17+,20+/m0/s1. The van der Waals surface area contributed by atoms with Crippen LogP contribution < -0.4 is 5.73 Å². The van der Waals surface area contributed by atoms with E-state index in [4.69, 9.17) is 33.7 Å². The molecule has 5 nitrogen and oxygen atoms in total. The van der Waals surface area contributed by atoms with Gasteiger partial charge in [0.15, 0.2) is 5.78 Å². The fourth-order valence-electron chi connectivity index (χ4n) is 3.96. The van der Waals surface area contributed by atoms with E-state index in [9.17, 15) is 9.18 Å². The van der Waals surface area contributed by atoms with Crippen molar-refractivity contribution in [3.63, 3.8) is 0 Å². The topological polar surface area (TPSA) is 77.6 Å². The smallest absolute Gasteiger partial charge is 0.283 e. The molecule has 4 rings (SSSR count). The molecule has 1 aliphatic heterocycles. The highest BCUT2D eigenvalue weighted by Crippen LogP contribution is 2.55. The van der Waals surface area contributed by atoms with Crippen LogP contribution in [0.5, 0.6) is 0 Å². The second-order valence-corrected chi connectivity index (χ2v) is 7.97. The lowest BCUT2D eigenvalue weighted by atomic mass is 9.81. The average Bonchev–Trinajstić information content (AvgIpc) is 3.42. The van der Waals surface area contributed by atoms with E-state index in [1.54, 1.807) is 12.1 Å². The zero-order valence-corrected chi connectivity index (χ0v) is 16.6. The van der Waals surface area contributed by atoms with Crippen molar-refractivity contribution in [1.29, 1.82) is 0 Å². The van der Waals surface area contributed by atoms with Gasteiger partial charge in [-0.2, -0.15) is 0 Å². The minimum absolute atomic E-state index is 0.0285. The quantitative estimate of drug-likeness (QED) is 0.730. The zero-order valence-electron chi connectivity index (χ0n) is 15.1. The first-order chi connectivity index (χ1) is 13.3. The number of carbonyl (C=O) groups excluding carboxylic acids is 1. The van der Waals surface area contributed by atoms with Gasteiger partial charge in [0.25, 0.3) is 6.02 Å².